The van der Waals surface area contributed by atoms with Crippen molar-refractivity contribution in [2.45, 2.75) is 55.3 Å². The maximum Gasteiger partial charge on any atom is 0.252 e. The van der Waals surface area contributed by atoms with Crippen molar-refractivity contribution < 1.29 is 19.1 Å². The van der Waals surface area contributed by atoms with Crippen molar-refractivity contribution in [1.29, 1.82) is 0 Å². The minimum absolute atomic E-state index is 0.0904. The standard InChI is InChI=1S/C28H29N3O3/c1-31(14-15-6-7-15)11-10-27-22-16-8-9-18(26(29)32)24(22)34-25(27)23-19(13-28(27,33)21(31)12-16)17-4-2-3-5-20(17)30-23/h2-5,8-9,15,21,25,30,33H,6-7,10-14H2,1H3,(H-,29,32)/p+1/t21-,25?,27+,28-,31?/m1/s1. The first-order valence-electron chi connectivity index (χ1n) is 12.6. The molecule has 1 saturated heterocycles. The van der Waals surface area contributed by atoms with E-state index in [2.05, 4.69) is 36.3 Å². The van der Waals surface area contributed by atoms with Crippen LogP contribution in [0, 0.1) is 5.92 Å². The van der Waals surface area contributed by atoms with Crippen LogP contribution in [0.3, 0.4) is 0 Å². The smallest absolute Gasteiger partial charge is 0.252 e. The number of aromatic nitrogens is 1. The second-order valence-corrected chi connectivity index (χ2v) is 11.8. The predicted molar refractivity (Wildman–Crippen MR) is 128 cm³/mol. The lowest BCUT2D eigenvalue weighted by Gasteiger charge is -2.64. The average molecular weight is 457 g/mol. The van der Waals surface area contributed by atoms with Gasteiger partial charge in [-0.15, -0.1) is 0 Å². The summed E-state index contributed by atoms with van der Waals surface area (Å²) in [6, 6.07) is 12.3. The summed E-state index contributed by atoms with van der Waals surface area (Å²) in [4.78, 5) is 16.1. The van der Waals surface area contributed by atoms with E-state index >= 15 is 0 Å². The number of amides is 1. The van der Waals surface area contributed by atoms with Crippen LogP contribution in [-0.2, 0) is 18.3 Å². The van der Waals surface area contributed by atoms with Crippen LogP contribution < -0.4 is 10.5 Å². The van der Waals surface area contributed by atoms with Crippen molar-refractivity contribution in [1.82, 2.24) is 4.98 Å². The largest absolute Gasteiger partial charge is 0.482 e. The number of ether oxygens (including phenoxy) is 1. The normalized spacial score (nSPS) is 36.6. The van der Waals surface area contributed by atoms with Gasteiger partial charge in [0.1, 0.15) is 17.4 Å². The Morgan fingerprint density at radius 2 is 2.09 bits per heavy atom. The number of rotatable bonds is 3. The molecule has 1 spiro atoms. The topological polar surface area (TPSA) is 88.3 Å². The molecule has 2 aromatic carbocycles. The van der Waals surface area contributed by atoms with E-state index in [1.54, 1.807) is 0 Å². The molecule has 174 valence electrons. The molecule has 2 unspecified atom stereocenters. The molecular formula is C28H30N3O3+. The van der Waals surface area contributed by atoms with Crippen LogP contribution in [0.25, 0.3) is 10.9 Å². The van der Waals surface area contributed by atoms with Gasteiger partial charge in [-0.1, -0.05) is 24.3 Å². The third kappa shape index (κ3) is 2.05. The molecule has 6 heteroatoms. The molecular weight excluding hydrogens is 426 g/mol. The van der Waals surface area contributed by atoms with Crippen LogP contribution in [0.2, 0.25) is 0 Å². The number of primary amides is 1. The number of likely N-dealkylation sites (N-methyl/N-ethyl adjacent to an activating group) is 1. The van der Waals surface area contributed by atoms with Crippen LogP contribution in [-0.4, -0.2) is 52.3 Å². The Kier molecular flexibility index (Phi) is 3.36. The number of nitrogens with two attached hydrogens (primary N) is 1. The van der Waals surface area contributed by atoms with Gasteiger partial charge in [0.05, 0.1) is 36.8 Å². The molecule has 5 aliphatic rings. The number of aromatic amines is 1. The van der Waals surface area contributed by atoms with E-state index in [1.807, 2.05) is 12.1 Å². The average Bonchev–Trinajstić information content (AvgIpc) is 3.43. The number of likely N-dealkylation sites (tertiary alicyclic amines) is 1. The number of nitrogens with zero attached hydrogens (tertiary/aromatic N) is 1. The second-order valence-electron chi connectivity index (χ2n) is 11.8. The number of fused-ring (bicyclic) bond motifs is 4. The molecule has 3 heterocycles. The number of aliphatic hydroxyl groups is 1. The molecule has 2 bridgehead atoms. The predicted octanol–water partition coefficient (Wildman–Crippen LogP) is 3.11. The zero-order chi connectivity index (χ0) is 23.0. The lowest BCUT2D eigenvalue weighted by molar-refractivity contribution is -0.950. The summed E-state index contributed by atoms with van der Waals surface area (Å²) in [6.07, 6.45) is 4.52. The van der Waals surface area contributed by atoms with Crippen LogP contribution in [0.1, 0.15) is 58.1 Å². The first-order chi connectivity index (χ1) is 16.4. The highest BCUT2D eigenvalue weighted by atomic mass is 16.5. The van der Waals surface area contributed by atoms with E-state index in [1.165, 1.54) is 24.0 Å². The SMILES string of the molecule is C[N+]1(CC2CC2)CC[C@]23c4c5ccc(C(N)=O)c4OC2c2[nH]c4ccccc4c2C[C@@]3(O)[C@H]1C5. The highest BCUT2D eigenvalue weighted by Gasteiger charge is 2.76. The molecule has 34 heavy (non-hydrogen) atoms. The number of piperidine rings is 1. The van der Waals surface area contributed by atoms with Crippen molar-refractivity contribution in [3.05, 3.63) is 64.3 Å². The van der Waals surface area contributed by atoms with E-state index in [4.69, 9.17) is 10.5 Å². The zero-order valence-electron chi connectivity index (χ0n) is 19.4. The van der Waals surface area contributed by atoms with Gasteiger partial charge in [0, 0.05) is 41.6 Å². The van der Waals surface area contributed by atoms with Crippen molar-refractivity contribution in [2.75, 3.05) is 20.1 Å². The van der Waals surface area contributed by atoms with Gasteiger partial charge in [0.25, 0.3) is 5.91 Å². The minimum Gasteiger partial charge on any atom is -0.482 e. The van der Waals surface area contributed by atoms with Crippen LogP contribution in [0.15, 0.2) is 36.4 Å². The number of quaternary nitrogens is 1. The first kappa shape index (κ1) is 19.5. The van der Waals surface area contributed by atoms with E-state index in [9.17, 15) is 9.90 Å². The number of hydrogen-bond acceptors (Lipinski definition) is 3. The summed E-state index contributed by atoms with van der Waals surface area (Å²) in [5, 5.41) is 14.2. The van der Waals surface area contributed by atoms with Gasteiger partial charge in [0.15, 0.2) is 6.10 Å². The highest BCUT2D eigenvalue weighted by Crippen LogP contribution is 2.69. The summed E-state index contributed by atoms with van der Waals surface area (Å²) in [7, 11) is 2.37. The summed E-state index contributed by atoms with van der Waals surface area (Å²) >= 11 is 0. The fraction of sp³-hybridized carbons (Fsp3) is 0.464. The first-order valence-corrected chi connectivity index (χ1v) is 12.6. The molecule has 0 radical (unpaired) electrons. The summed E-state index contributed by atoms with van der Waals surface area (Å²) < 4.78 is 7.67. The van der Waals surface area contributed by atoms with Gasteiger partial charge in [0.2, 0.25) is 0 Å². The highest BCUT2D eigenvalue weighted by molar-refractivity contribution is 5.97. The number of benzene rings is 2. The van der Waals surface area contributed by atoms with Gasteiger partial charge in [-0.3, -0.25) is 4.79 Å². The third-order valence-corrected chi connectivity index (χ3v) is 10.1. The Labute approximate surface area is 198 Å². The second kappa shape index (κ2) is 5.86. The quantitative estimate of drug-likeness (QED) is 0.529. The number of carbonyl (C=O) groups excluding carboxylic acids is 1. The molecule has 2 aliphatic heterocycles. The molecule has 6 nitrogen and oxygen atoms in total. The molecule has 5 atom stereocenters. The lowest BCUT2D eigenvalue weighted by Crippen LogP contribution is -2.79. The molecule has 1 amide bonds. The fourth-order valence-electron chi connectivity index (χ4n) is 8.46. The van der Waals surface area contributed by atoms with E-state index < -0.39 is 16.9 Å². The number of hydrogen-bond donors (Lipinski definition) is 3. The summed E-state index contributed by atoms with van der Waals surface area (Å²) in [5.41, 5.74) is 10.3. The number of H-pyrrole nitrogens is 1. The third-order valence-electron chi connectivity index (χ3n) is 10.1. The maximum absolute atomic E-state index is 13.0. The number of nitrogens with one attached hydrogen (secondary N) is 1. The monoisotopic (exact) mass is 456 g/mol. The molecule has 3 aromatic rings. The van der Waals surface area contributed by atoms with E-state index in [0.717, 1.165) is 58.5 Å². The summed E-state index contributed by atoms with van der Waals surface area (Å²) in [6.45, 7) is 2.15. The Hall–Kier alpha value is -2.83. The lowest BCUT2D eigenvalue weighted by atomic mass is 9.48. The van der Waals surface area contributed by atoms with Gasteiger partial charge in [-0.2, -0.15) is 0 Å². The van der Waals surface area contributed by atoms with E-state index in [0.29, 0.717) is 17.7 Å². The molecule has 1 aromatic heterocycles. The number of para-hydroxylation sites is 1. The molecule has 3 aliphatic carbocycles. The van der Waals surface area contributed by atoms with Crippen LogP contribution >= 0.6 is 0 Å². The zero-order valence-corrected chi connectivity index (χ0v) is 19.4. The van der Waals surface area contributed by atoms with E-state index in [-0.39, 0.29) is 12.1 Å². The molecule has 4 N–H and O–H groups in total. The Morgan fingerprint density at radius 1 is 1.26 bits per heavy atom. The maximum atomic E-state index is 13.0. The summed E-state index contributed by atoms with van der Waals surface area (Å²) in [5.74, 6) is 0.914. The molecule has 8 rings (SSSR count). The Balaban J connectivity index is 1.44. The fourth-order valence-corrected chi connectivity index (χ4v) is 8.46. The van der Waals surface area contributed by atoms with Crippen molar-refractivity contribution in [3.63, 3.8) is 0 Å². The van der Waals surface area contributed by atoms with Crippen molar-refractivity contribution in [2.24, 2.45) is 11.7 Å². The number of carbonyl (C=O) groups is 1. The van der Waals surface area contributed by atoms with Crippen LogP contribution in [0.4, 0.5) is 0 Å². The Bertz CT molecular complexity index is 1420. The minimum atomic E-state index is -0.952. The molecule has 1 saturated carbocycles. The van der Waals surface area contributed by atoms with Crippen LogP contribution in [0.5, 0.6) is 5.75 Å². The van der Waals surface area contributed by atoms with Crippen molar-refractivity contribution in [3.8, 4) is 5.75 Å². The van der Waals surface area contributed by atoms with Gasteiger partial charge in [-0.25, -0.2) is 0 Å². The van der Waals surface area contributed by atoms with Gasteiger partial charge >= 0.3 is 0 Å². The van der Waals surface area contributed by atoms with Gasteiger partial charge in [-0.05, 0) is 36.1 Å². The Morgan fingerprint density at radius 3 is 2.88 bits per heavy atom. The van der Waals surface area contributed by atoms with Gasteiger partial charge < -0.3 is 25.0 Å². The molecule has 2 fully saturated rings. The van der Waals surface area contributed by atoms with Crippen molar-refractivity contribution >= 4 is 16.8 Å².